The molecule has 0 radical (unpaired) electrons. The van der Waals surface area contributed by atoms with Crippen LogP contribution >= 0.6 is 0 Å². The van der Waals surface area contributed by atoms with Gasteiger partial charge < -0.3 is 26.3 Å². The Kier molecular flexibility index (Phi) is 21.0. The maximum atomic E-state index is 10.2. The molecule has 3 amide bonds. The minimum atomic E-state index is -0.742. The van der Waals surface area contributed by atoms with E-state index in [-0.39, 0.29) is 18.6 Å². The van der Waals surface area contributed by atoms with Crippen molar-refractivity contribution >= 4 is 18.9 Å². The highest BCUT2D eigenvalue weighted by Crippen LogP contribution is 2.20. The predicted octanol–water partition coefficient (Wildman–Crippen LogP) is 4.30. The normalized spacial score (nSPS) is 11.2. The molecule has 0 aliphatic carbocycles. The summed E-state index contributed by atoms with van der Waals surface area (Å²) in [6.45, 7) is 11.9. The Hall–Kier alpha value is -2.61. The van der Waals surface area contributed by atoms with Crippen LogP contribution in [0.4, 0.5) is 4.79 Å². The number of nitrogens with one attached hydrogen (secondary N) is 1. The number of primary amides is 2. The van der Waals surface area contributed by atoms with Gasteiger partial charge in [0, 0.05) is 6.54 Å². The quantitative estimate of drug-likeness (QED) is 0.294. The van der Waals surface area contributed by atoms with Gasteiger partial charge in [0.15, 0.2) is 0 Å². The summed E-state index contributed by atoms with van der Waals surface area (Å²) < 4.78 is 10.7. The fourth-order valence-corrected chi connectivity index (χ4v) is 2.90. The molecular weight excluding hydrogens is 422 g/mol. The minimum Gasteiger partial charge on any atom is -0.445 e. The summed E-state index contributed by atoms with van der Waals surface area (Å²) >= 11 is 0. The number of benzene rings is 1. The number of carbonyl (C=O) groups is 3. The molecule has 1 aromatic rings. The summed E-state index contributed by atoms with van der Waals surface area (Å²) in [7, 11) is 0. The number of hydrogen-bond acceptors (Lipinski definition) is 5. The number of ether oxygens (including phenoxy) is 2. The third-order valence-electron chi connectivity index (χ3n) is 4.23. The molecule has 1 aromatic carbocycles. The fourth-order valence-electron chi connectivity index (χ4n) is 2.90. The Morgan fingerprint density at radius 2 is 1.61 bits per heavy atom. The van der Waals surface area contributed by atoms with Crippen molar-refractivity contribution in [2.75, 3.05) is 6.54 Å². The molecule has 1 unspecified atom stereocenters. The zero-order valence-electron chi connectivity index (χ0n) is 21.0. The molecule has 1 atom stereocenters. The Morgan fingerprint density at radius 1 is 1.03 bits per heavy atom. The van der Waals surface area contributed by atoms with Gasteiger partial charge in [-0.05, 0) is 57.9 Å². The van der Waals surface area contributed by atoms with Crippen molar-refractivity contribution in [3.8, 4) is 0 Å². The fraction of sp³-hybridized carbons (Fsp3) is 0.640. The Labute approximate surface area is 199 Å². The van der Waals surface area contributed by atoms with Gasteiger partial charge in [0.05, 0.1) is 11.7 Å². The summed E-state index contributed by atoms with van der Waals surface area (Å²) in [5.74, 6) is 0.770. The Balaban J connectivity index is 0. The number of hydrogen-bond donors (Lipinski definition) is 3. The van der Waals surface area contributed by atoms with Crippen LogP contribution < -0.4 is 16.8 Å². The Bertz CT molecular complexity index is 604. The van der Waals surface area contributed by atoms with Crippen LogP contribution in [-0.4, -0.2) is 37.2 Å². The molecule has 0 fully saturated rings. The first kappa shape index (κ1) is 32.6. The molecule has 8 heteroatoms. The topological polar surface area (TPSA) is 134 Å². The maximum absolute atomic E-state index is 10.2. The van der Waals surface area contributed by atoms with Gasteiger partial charge in [-0.15, -0.1) is 0 Å². The molecule has 1 rings (SSSR count). The highest BCUT2D eigenvalue weighted by Gasteiger charge is 2.18. The third-order valence-corrected chi connectivity index (χ3v) is 4.23. The second kappa shape index (κ2) is 21.2. The summed E-state index contributed by atoms with van der Waals surface area (Å²) in [5, 5.41) is 2.71. The van der Waals surface area contributed by atoms with E-state index in [0.717, 1.165) is 50.1 Å². The summed E-state index contributed by atoms with van der Waals surface area (Å²) in [4.78, 5) is 28.9. The van der Waals surface area contributed by atoms with Gasteiger partial charge in [0.25, 0.3) is 0 Å². The van der Waals surface area contributed by atoms with Crippen LogP contribution in [0.15, 0.2) is 30.3 Å². The van der Waals surface area contributed by atoms with Crippen LogP contribution in [0.5, 0.6) is 0 Å². The lowest BCUT2D eigenvalue weighted by molar-refractivity contribution is -0.109. The average molecular weight is 468 g/mol. The smallest absolute Gasteiger partial charge is 0.404 e. The zero-order chi connectivity index (χ0) is 25.5. The zero-order valence-corrected chi connectivity index (χ0v) is 21.0. The van der Waals surface area contributed by atoms with E-state index in [0.29, 0.717) is 6.10 Å². The Morgan fingerprint density at radius 3 is 2.09 bits per heavy atom. The van der Waals surface area contributed by atoms with Gasteiger partial charge in [-0.3, -0.25) is 9.59 Å². The lowest BCUT2D eigenvalue weighted by Gasteiger charge is -2.28. The van der Waals surface area contributed by atoms with E-state index in [4.69, 9.17) is 15.3 Å². The van der Waals surface area contributed by atoms with E-state index in [1.807, 2.05) is 30.3 Å². The van der Waals surface area contributed by atoms with Crippen LogP contribution in [-0.2, 0) is 25.7 Å². The SMILES string of the molecule is CC(C)CCCC(CCCCNC=O)OC(C)(C)C.NC(=O)OCc1ccccc1.NC=O. The van der Waals surface area contributed by atoms with E-state index < -0.39 is 6.09 Å². The molecule has 5 N–H and O–H groups in total. The summed E-state index contributed by atoms with van der Waals surface area (Å²) in [6.07, 6.45) is 7.54. The van der Waals surface area contributed by atoms with Crippen molar-refractivity contribution in [2.24, 2.45) is 17.4 Å². The van der Waals surface area contributed by atoms with Crippen molar-refractivity contribution in [3.63, 3.8) is 0 Å². The molecule has 0 aromatic heterocycles. The van der Waals surface area contributed by atoms with Crippen molar-refractivity contribution < 1.29 is 23.9 Å². The van der Waals surface area contributed by atoms with Gasteiger partial charge in [0.2, 0.25) is 12.8 Å². The van der Waals surface area contributed by atoms with E-state index >= 15 is 0 Å². The van der Waals surface area contributed by atoms with Crippen LogP contribution in [0.1, 0.15) is 78.7 Å². The van der Waals surface area contributed by atoms with Crippen LogP contribution in [0.3, 0.4) is 0 Å². The van der Waals surface area contributed by atoms with E-state index in [2.05, 4.69) is 50.4 Å². The summed E-state index contributed by atoms with van der Waals surface area (Å²) in [5.41, 5.74) is 9.82. The largest absolute Gasteiger partial charge is 0.445 e. The van der Waals surface area contributed by atoms with Crippen LogP contribution in [0.25, 0.3) is 0 Å². The van der Waals surface area contributed by atoms with Crippen molar-refractivity contribution in [1.82, 2.24) is 5.32 Å². The lowest BCUT2D eigenvalue weighted by atomic mass is 10.0. The number of rotatable bonds is 13. The average Bonchev–Trinajstić information content (AvgIpc) is 2.72. The first-order valence-corrected chi connectivity index (χ1v) is 11.5. The molecule has 0 aliphatic rings. The molecule has 0 saturated heterocycles. The van der Waals surface area contributed by atoms with Gasteiger partial charge in [-0.25, -0.2) is 4.79 Å². The van der Waals surface area contributed by atoms with Gasteiger partial charge in [-0.2, -0.15) is 0 Å². The van der Waals surface area contributed by atoms with E-state index in [9.17, 15) is 9.59 Å². The highest BCUT2D eigenvalue weighted by molar-refractivity contribution is 5.64. The molecule has 0 saturated carbocycles. The van der Waals surface area contributed by atoms with Gasteiger partial charge >= 0.3 is 6.09 Å². The molecule has 33 heavy (non-hydrogen) atoms. The molecule has 190 valence electrons. The second-order valence-corrected chi connectivity index (χ2v) is 8.97. The first-order chi connectivity index (χ1) is 15.6. The molecule has 0 aliphatic heterocycles. The predicted molar refractivity (Wildman–Crippen MR) is 132 cm³/mol. The third kappa shape index (κ3) is 27.4. The van der Waals surface area contributed by atoms with Crippen molar-refractivity contribution in [1.29, 1.82) is 0 Å². The molecule has 0 heterocycles. The number of unbranched alkanes of at least 4 members (excludes halogenated alkanes) is 1. The monoisotopic (exact) mass is 467 g/mol. The molecular formula is C25H45N3O5. The lowest BCUT2D eigenvalue weighted by Crippen LogP contribution is -2.27. The van der Waals surface area contributed by atoms with E-state index in [1.54, 1.807) is 0 Å². The molecule has 8 nitrogen and oxygen atoms in total. The first-order valence-electron chi connectivity index (χ1n) is 11.5. The number of carbonyl (C=O) groups excluding carboxylic acids is 3. The highest BCUT2D eigenvalue weighted by atomic mass is 16.5. The van der Waals surface area contributed by atoms with E-state index in [1.165, 1.54) is 12.8 Å². The van der Waals surface area contributed by atoms with Crippen molar-refractivity contribution in [2.45, 2.75) is 91.5 Å². The standard InChI is InChI=1S/C16H33NO2.C8H9NO2.CH3NO/c1-14(2)9-8-11-15(19-16(3,4)5)10-6-7-12-17-13-18;9-8(10)11-6-7-4-2-1-3-5-7;2-1-3/h13-15H,6-12H2,1-5H3,(H,17,18);1-5H,6H2,(H2,9,10);1H,(H2,2,3). The number of amides is 3. The maximum Gasteiger partial charge on any atom is 0.404 e. The molecule has 0 bridgehead atoms. The van der Waals surface area contributed by atoms with Crippen LogP contribution in [0.2, 0.25) is 0 Å². The van der Waals surface area contributed by atoms with Gasteiger partial charge in [0.1, 0.15) is 6.61 Å². The molecule has 0 spiro atoms. The van der Waals surface area contributed by atoms with Crippen molar-refractivity contribution in [3.05, 3.63) is 35.9 Å². The second-order valence-electron chi connectivity index (χ2n) is 8.97. The van der Waals surface area contributed by atoms with Crippen LogP contribution in [0, 0.1) is 5.92 Å². The summed E-state index contributed by atoms with van der Waals surface area (Å²) in [6, 6.07) is 9.37. The van der Waals surface area contributed by atoms with Gasteiger partial charge in [-0.1, -0.05) is 57.0 Å². The minimum absolute atomic E-state index is 0.0659. The number of nitrogens with two attached hydrogens (primary N) is 2.